The first kappa shape index (κ1) is 22.8. The molecule has 0 bridgehead atoms. The maximum atomic E-state index is 12.8. The number of aryl methyl sites for hydroxylation is 1. The molecule has 1 atom stereocenters. The molecular weight excluding hydrogens is 413 g/mol. The second kappa shape index (κ2) is 9.51. The molecule has 2 N–H and O–H groups in total. The maximum absolute atomic E-state index is 12.8. The monoisotopic (exact) mass is 438 g/mol. The van der Waals surface area contributed by atoms with E-state index in [-0.39, 0.29) is 17.6 Å². The number of ether oxygens (including phenoxy) is 1. The molecule has 3 rings (SSSR count). The van der Waals surface area contributed by atoms with E-state index in [2.05, 4.69) is 25.2 Å². The zero-order valence-corrected chi connectivity index (χ0v) is 17.4. The summed E-state index contributed by atoms with van der Waals surface area (Å²) in [5.74, 6) is -0.187. The molecule has 0 amide bonds. The van der Waals surface area contributed by atoms with E-state index in [9.17, 15) is 23.1 Å². The summed E-state index contributed by atoms with van der Waals surface area (Å²) in [5.41, 5.74) is 0.258. The number of hydrogen-bond donors (Lipinski definition) is 2. The highest BCUT2D eigenvalue weighted by molar-refractivity contribution is 5.70. The molecule has 1 saturated heterocycles. The first-order valence-electron chi connectivity index (χ1n) is 9.98. The predicted molar refractivity (Wildman–Crippen MR) is 109 cm³/mol. The summed E-state index contributed by atoms with van der Waals surface area (Å²) in [6.07, 6.45) is -2.28. The molecule has 1 fully saturated rings. The fraction of sp³-hybridized carbons (Fsp3) is 0.476. The number of benzene rings is 1. The van der Waals surface area contributed by atoms with Gasteiger partial charge in [-0.1, -0.05) is 0 Å². The SMILES string of the molecule is COC(=O)CCN1CCC[C@@H](Nc2cc(C)c(-c3ccc(C(F)(F)F)cc3O)nn2)C1. The van der Waals surface area contributed by atoms with E-state index in [0.29, 0.717) is 36.1 Å². The number of phenolic OH excluding ortho intramolecular Hbond substituents is 1. The van der Waals surface area contributed by atoms with Crippen molar-refractivity contribution in [3.63, 3.8) is 0 Å². The van der Waals surface area contributed by atoms with Crippen LogP contribution in [-0.2, 0) is 15.7 Å². The number of nitrogens with zero attached hydrogens (tertiary/aromatic N) is 3. The average Bonchev–Trinajstić information content (AvgIpc) is 2.72. The third kappa shape index (κ3) is 5.84. The van der Waals surface area contributed by atoms with E-state index < -0.39 is 17.5 Å². The largest absolute Gasteiger partial charge is 0.507 e. The van der Waals surface area contributed by atoms with Gasteiger partial charge in [0.25, 0.3) is 0 Å². The molecule has 0 radical (unpaired) electrons. The van der Waals surface area contributed by atoms with Gasteiger partial charge in [0.05, 0.1) is 24.8 Å². The summed E-state index contributed by atoms with van der Waals surface area (Å²) < 4.78 is 43.1. The molecule has 0 saturated carbocycles. The first-order valence-corrected chi connectivity index (χ1v) is 9.98. The predicted octanol–water partition coefficient (Wildman–Crippen LogP) is 3.62. The number of nitrogens with one attached hydrogen (secondary N) is 1. The number of likely N-dealkylation sites (tertiary alicyclic amines) is 1. The molecule has 0 spiro atoms. The molecule has 7 nitrogen and oxygen atoms in total. The van der Waals surface area contributed by atoms with Crippen molar-refractivity contribution in [2.75, 3.05) is 32.1 Å². The van der Waals surface area contributed by atoms with Crippen LogP contribution in [0, 0.1) is 6.92 Å². The lowest BCUT2D eigenvalue weighted by atomic mass is 10.0. The Balaban J connectivity index is 1.68. The van der Waals surface area contributed by atoms with E-state index in [4.69, 9.17) is 0 Å². The van der Waals surface area contributed by atoms with Crippen molar-refractivity contribution in [2.45, 2.75) is 38.4 Å². The lowest BCUT2D eigenvalue weighted by molar-refractivity contribution is -0.141. The molecule has 1 aromatic heterocycles. The van der Waals surface area contributed by atoms with Gasteiger partial charge in [0, 0.05) is 24.7 Å². The van der Waals surface area contributed by atoms with Crippen LogP contribution in [0.4, 0.5) is 19.0 Å². The van der Waals surface area contributed by atoms with Crippen LogP contribution in [0.5, 0.6) is 5.75 Å². The van der Waals surface area contributed by atoms with Crippen LogP contribution in [-0.4, -0.2) is 59.0 Å². The number of carbonyl (C=O) groups excluding carboxylic acids is 1. The Kier molecular flexibility index (Phi) is 6.99. The molecule has 0 aliphatic carbocycles. The Morgan fingerprint density at radius 2 is 2.10 bits per heavy atom. The highest BCUT2D eigenvalue weighted by Crippen LogP contribution is 2.36. The maximum Gasteiger partial charge on any atom is 0.416 e. The van der Waals surface area contributed by atoms with Gasteiger partial charge in [-0.3, -0.25) is 4.79 Å². The van der Waals surface area contributed by atoms with Crippen molar-refractivity contribution in [1.82, 2.24) is 15.1 Å². The van der Waals surface area contributed by atoms with Gasteiger partial charge in [-0.25, -0.2) is 0 Å². The van der Waals surface area contributed by atoms with Crippen molar-refractivity contribution in [3.05, 3.63) is 35.4 Å². The fourth-order valence-corrected chi connectivity index (χ4v) is 3.67. The van der Waals surface area contributed by atoms with Crippen molar-refractivity contribution in [2.24, 2.45) is 0 Å². The molecule has 1 aromatic carbocycles. The lowest BCUT2D eigenvalue weighted by Crippen LogP contribution is -2.43. The number of carbonyl (C=O) groups is 1. The Morgan fingerprint density at radius 1 is 1.32 bits per heavy atom. The topological polar surface area (TPSA) is 87.6 Å². The number of aromatic nitrogens is 2. The van der Waals surface area contributed by atoms with Crippen molar-refractivity contribution >= 4 is 11.8 Å². The lowest BCUT2D eigenvalue weighted by Gasteiger charge is -2.33. The number of rotatable bonds is 6. The van der Waals surface area contributed by atoms with E-state index >= 15 is 0 Å². The van der Waals surface area contributed by atoms with Crippen LogP contribution in [0.3, 0.4) is 0 Å². The summed E-state index contributed by atoms with van der Waals surface area (Å²) in [4.78, 5) is 13.5. The Bertz CT molecular complexity index is 937. The second-order valence-corrected chi connectivity index (χ2v) is 7.60. The minimum atomic E-state index is -4.53. The third-order valence-electron chi connectivity index (χ3n) is 5.28. The van der Waals surface area contributed by atoms with Crippen LogP contribution >= 0.6 is 0 Å². The zero-order chi connectivity index (χ0) is 22.6. The van der Waals surface area contributed by atoms with E-state index in [0.717, 1.165) is 32.0 Å². The quantitative estimate of drug-likeness (QED) is 0.666. The van der Waals surface area contributed by atoms with E-state index in [1.165, 1.54) is 13.2 Å². The van der Waals surface area contributed by atoms with E-state index in [1.54, 1.807) is 13.0 Å². The number of piperidine rings is 1. The van der Waals surface area contributed by atoms with Crippen LogP contribution in [0.1, 0.15) is 30.4 Å². The highest BCUT2D eigenvalue weighted by atomic mass is 19.4. The minimum absolute atomic E-state index is 0.130. The van der Waals surface area contributed by atoms with Gasteiger partial charge in [0.1, 0.15) is 11.6 Å². The smallest absolute Gasteiger partial charge is 0.416 e. The Labute approximate surface area is 178 Å². The van der Waals surface area contributed by atoms with Gasteiger partial charge in [0.2, 0.25) is 0 Å². The van der Waals surface area contributed by atoms with Crippen molar-refractivity contribution in [1.29, 1.82) is 0 Å². The van der Waals surface area contributed by atoms with Crippen molar-refractivity contribution < 1.29 is 27.8 Å². The number of methoxy groups -OCH3 is 1. The Hall–Kier alpha value is -2.88. The van der Waals surface area contributed by atoms with Gasteiger partial charge in [0.15, 0.2) is 0 Å². The van der Waals surface area contributed by atoms with Gasteiger partial charge < -0.3 is 20.1 Å². The number of halogens is 3. The van der Waals surface area contributed by atoms with Gasteiger partial charge >= 0.3 is 12.1 Å². The number of esters is 1. The van der Waals surface area contributed by atoms with Crippen LogP contribution in [0.15, 0.2) is 24.3 Å². The first-order chi connectivity index (χ1) is 14.7. The fourth-order valence-electron chi connectivity index (χ4n) is 3.67. The number of hydrogen-bond acceptors (Lipinski definition) is 7. The van der Waals surface area contributed by atoms with Gasteiger partial charge in [-0.15, -0.1) is 10.2 Å². The number of alkyl halides is 3. The molecule has 10 heteroatoms. The normalized spacial score (nSPS) is 17.4. The van der Waals surface area contributed by atoms with E-state index in [1.807, 2.05) is 0 Å². The molecule has 2 aromatic rings. The number of anilines is 1. The van der Waals surface area contributed by atoms with Crippen LogP contribution in [0.2, 0.25) is 0 Å². The minimum Gasteiger partial charge on any atom is -0.507 e. The molecule has 2 heterocycles. The number of phenols is 1. The van der Waals surface area contributed by atoms with Crippen LogP contribution in [0.25, 0.3) is 11.3 Å². The molecule has 0 unspecified atom stereocenters. The summed E-state index contributed by atoms with van der Waals surface area (Å²) in [7, 11) is 1.37. The molecule has 168 valence electrons. The summed E-state index contributed by atoms with van der Waals surface area (Å²) >= 11 is 0. The third-order valence-corrected chi connectivity index (χ3v) is 5.28. The van der Waals surface area contributed by atoms with Gasteiger partial charge in [-0.2, -0.15) is 13.2 Å². The standard InChI is InChI=1S/C21H25F3N4O3/c1-13-10-18(25-15-4-3-8-28(12-15)9-7-19(30)31-2)26-27-20(13)16-6-5-14(11-17(16)29)21(22,23)24/h5-6,10-11,15,29H,3-4,7-9,12H2,1-2H3,(H,25,26)/t15-/m1/s1. The zero-order valence-electron chi connectivity index (χ0n) is 17.4. The summed E-state index contributed by atoms with van der Waals surface area (Å²) in [5, 5.41) is 21.7. The Morgan fingerprint density at radius 3 is 2.74 bits per heavy atom. The van der Waals surface area contributed by atoms with Gasteiger partial charge in [-0.05, 0) is 56.1 Å². The average molecular weight is 438 g/mol. The van der Waals surface area contributed by atoms with Crippen LogP contribution < -0.4 is 5.32 Å². The summed E-state index contributed by atoms with van der Waals surface area (Å²) in [6, 6.07) is 4.68. The van der Waals surface area contributed by atoms with Crippen molar-refractivity contribution in [3.8, 4) is 17.0 Å². The second-order valence-electron chi connectivity index (χ2n) is 7.60. The molecule has 1 aliphatic heterocycles. The molecule has 1 aliphatic rings. The summed E-state index contributed by atoms with van der Waals surface area (Å²) in [6.45, 7) is 4.04. The number of aromatic hydroxyl groups is 1. The highest BCUT2D eigenvalue weighted by Gasteiger charge is 2.31. The molecule has 31 heavy (non-hydrogen) atoms. The molecular formula is C21H25F3N4O3.